The van der Waals surface area contributed by atoms with E-state index in [-0.39, 0.29) is 6.04 Å². The van der Waals surface area contributed by atoms with E-state index in [1.807, 2.05) is 23.9 Å². The van der Waals surface area contributed by atoms with Gasteiger partial charge in [-0.3, -0.25) is 0 Å². The Morgan fingerprint density at radius 3 is 3.06 bits per heavy atom. The Labute approximate surface area is 126 Å². The summed E-state index contributed by atoms with van der Waals surface area (Å²) >= 11 is 11.7. The normalized spacial score (nSPS) is 23.0. The molecule has 2 unspecified atom stereocenters. The molecule has 2 nitrogen and oxygen atoms in total. The minimum Gasteiger partial charge on any atom is -0.326 e. The second kappa shape index (κ2) is 6.62. The summed E-state index contributed by atoms with van der Waals surface area (Å²) in [7, 11) is 2.16. The molecule has 0 saturated carbocycles. The lowest BCUT2D eigenvalue weighted by atomic mass is 10.00. The molecule has 1 aliphatic rings. The molecule has 1 saturated heterocycles. The van der Waals surface area contributed by atoms with E-state index in [9.17, 15) is 0 Å². The number of hydrogen-bond acceptors (Lipinski definition) is 3. The van der Waals surface area contributed by atoms with E-state index >= 15 is 0 Å². The van der Waals surface area contributed by atoms with Crippen molar-refractivity contribution >= 4 is 39.3 Å². The lowest BCUT2D eigenvalue weighted by Crippen LogP contribution is -2.51. The van der Waals surface area contributed by atoms with E-state index in [0.717, 1.165) is 33.8 Å². The fourth-order valence-electron chi connectivity index (χ4n) is 2.23. The maximum absolute atomic E-state index is 6.35. The molecule has 0 bridgehead atoms. The van der Waals surface area contributed by atoms with Crippen LogP contribution in [0.2, 0.25) is 5.02 Å². The van der Waals surface area contributed by atoms with E-state index in [2.05, 4.69) is 33.9 Å². The van der Waals surface area contributed by atoms with Crippen molar-refractivity contribution in [1.82, 2.24) is 4.90 Å². The van der Waals surface area contributed by atoms with Crippen molar-refractivity contribution in [2.45, 2.75) is 18.5 Å². The zero-order chi connectivity index (χ0) is 13.1. The third-order valence-electron chi connectivity index (χ3n) is 3.41. The number of rotatable bonds is 3. The summed E-state index contributed by atoms with van der Waals surface area (Å²) in [6.45, 7) is 1.12. The molecule has 2 N–H and O–H groups in total. The lowest BCUT2D eigenvalue weighted by Gasteiger charge is -2.36. The van der Waals surface area contributed by atoms with Crippen LogP contribution in [0.5, 0.6) is 0 Å². The van der Waals surface area contributed by atoms with Crippen LogP contribution < -0.4 is 5.73 Å². The number of hydrogen-bond donors (Lipinski definition) is 1. The van der Waals surface area contributed by atoms with Crippen LogP contribution in [0.3, 0.4) is 0 Å². The van der Waals surface area contributed by atoms with E-state index in [0.29, 0.717) is 6.04 Å². The lowest BCUT2D eigenvalue weighted by molar-refractivity contribution is 0.235. The van der Waals surface area contributed by atoms with Gasteiger partial charge in [-0.05, 0) is 31.2 Å². The Hall–Kier alpha value is 0.260. The van der Waals surface area contributed by atoms with Gasteiger partial charge in [-0.2, -0.15) is 11.8 Å². The second-order valence-corrected chi connectivity index (χ2v) is 7.20. The van der Waals surface area contributed by atoms with Gasteiger partial charge in [-0.15, -0.1) is 0 Å². The summed E-state index contributed by atoms with van der Waals surface area (Å²) in [6.07, 6.45) is 0.835. The average molecular weight is 350 g/mol. The number of benzene rings is 1. The molecular formula is C13H18BrClN2S. The van der Waals surface area contributed by atoms with Gasteiger partial charge in [0.05, 0.1) is 0 Å². The topological polar surface area (TPSA) is 29.3 Å². The highest BCUT2D eigenvalue weighted by Gasteiger charge is 2.25. The first-order valence-electron chi connectivity index (χ1n) is 6.05. The van der Waals surface area contributed by atoms with Crippen LogP contribution in [0.4, 0.5) is 0 Å². The third kappa shape index (κ3) is 3.64. The molecule has 1 aromatic carbocycles. The zero-order valence-corrected chi connectivity index (χ0v) is 13.6. The number of nitrogens with zero attached hydrogens (tertiary/aromatic N) is 1. The van der Waals surface area contributed by atoms with Gasteiger partial charge in [0.15, 0.2) is 0 Å². The van der Waals surface area contributed by atoms with Gasteiger partial charge in [0.25, 0.3) is 0 Å². The summed E-state index contributed by atoms with van der Waals surface area (Å²) in [5.41, 5.74) is 7.49. The molecule has 1 aromatic rings. The zero-order valence-electron chi connectivity index (χ0n) is 10.4. The van der Waals surface area contributed by atoms with Crippen LogP contribution in [-0.2, 0) is 6.42 Å². The number of halogens is 2. The van der Waals surface area contributed by atoms with E-state index in [1.54, 1.807) is 0 Å². The van der Waals surface area contributed by atoms with Gasteiger partial charge in [0.1, 0.15) is 0 Å². The molecule has 0 aliphatic carbocycles. The van der Waals surface area contributed by atoms with Crippen molar-refractivity contribution in [3.8, 4) is 0 Å². The van der Waals surface area contributed by atoms with Gasteiger partial charge in [0.2, 0.25) is 0 Å². The summed E-state index contributed by atoms with van der Waals surface area (Å²) in [4.78, 5) is 2.37. The predicted molar refractivity (Wildman–Crippen MR) is 84.6 cm³/mol. The molecule has 18 heavy (non-hydrogen) atoms. The van der Waals surface area contributed by atoms with Crippen LogP contribution in [-0.4, -0.2) is 42.1 Å². The summed E-state index contributed by atoms with van der Waals surface area (Å²) < 4.78 is 1.01. The maximum atomic E-state index is 6.35. The Morgan fingerprint density at radius 2 is 2.39 bits per heavy atom. The molecule has 2 rings (SSSR count). The van der Waals surface area contributed by atoms with Gasteiger partial charge in [-0.25, -0.2) is 0 Å². The number of likely N-dealkylation sites (N-methyl/N-ethyl adjacent to an activating group) is 1. The summed E-state index contributed by atoms with van der Waals surface area (Å²) in [5.74, 6) is 2.32. The van der Waals surface area contributed by atoms with Crippen molar-refractivity contribution in [2.24, 2.45) is 5.73 Å². The molecule has 0 spiro atoms. The minimum atomic E-state index is 0.140. The highest BCUT2D eigenvalue weighted by molar-refractivity contribution is 9.10. The van der Waals surface area contributed by atoms with Crippen LogP contribution in [0.25, 0.3) is 0 Å². The monoisotopic (exact) mass is 348 g/mol. The molecule has 0 aromatic heterocycles. The van der Waals surface area contributed by atoms with Crippen LogP contribution in [0, 0.1) is 0 Å². The molecule has 1 heterocycles. The molecule has 1 fully saturated rings. The van der Waals surface area contributed by atoms with Crippen molar-refractivity contribution in [1.29, 1.82) is 0 Å². The molecule has 100 valence electrons. The summed E-state index contributed by atoms with van der Waals surface area (Å²) in [6, 6.07) is 6.60. The quantitative estimate of drug-likeness (QED) is 0.909. The highest BCUT2D eigenvalue weighted by atomic mass is 79.9. The van der Waals surface area contributed by atoms with Crippen LogP contribution >= 0.6 is 39.3 Å². The second-order valence-electron chi connectivity index (χ2n) is 4.73. The fraction of sp³-hybridized carbons (Fsp3) is 0.538. The Balaban J connectivity index is 2.03. The maximum Gasteiger partial charge on any atom is 0.0449 e. The minimum absolute atomic E-state index is 0.140. The van der Waals surface area contributed by atoms with Crippen molar-refractivity contribution < 1.29 is 0 Å². The first kappa shape index (κ1) is 14.7. The molecule has 0 amide bonds. The van der Waals surface area contributed by atoms with E-state index in [4.69, 9.17) is 17.3 Å². The largest absolute Gasteiger partial charge is 0.326 e. The predicted octanol–water partition coefficient (Wildman–Crippen LogP) is 3.02. The van der Waals surface area contributed by atoms with Crippen LogP contribution in [0.1, 0.15) is 5.56 Å². The van der Waals surface area contributed by atoms with Crippen LogP contribution in [0.15, 0.2) is 22.7 Å². The van der Waals surface area contributed by atoms with Crippen molar-refractivity contribution in [3.63, 3.8) is 0 Å². The van der Waals surface area contributed by atoms with Crippen molar-refractivity contribution in [2.75, 3.05) is 25.1 Å². The molecule has 5 heteroatoms. The number of thioether (sulfide) groups is 1. The average Bonchev–Trinajstić information content (AvgIpc) is 2.33. The smallest absolute Gasteiger partial charge is 0.0449 e. The Morgan fingerprint density at radius 1 is 1.61 bits per heavy atom. The SMILES string of the molecule is CN1CCSCC1C(N)Cc1ccc(Br)cc1Cl. The Kier molecular flexibility index (Phi) is 5.39. The molecular weight excluding hydrogens is 332 g/mol. The standard InChI is InChI=1S/C13H18BrClN2S/c1-17-4-5-18-8-13(17)12(16)6-9-2-3-10(14)7-11(9)15/h2-3,7,12-13H,4-6,8,16H2,1H3. The highest BCUT2D eigenvalue weighted by Crippen LogP contribution is 2.24. The van der Waals surface area contributed by atoms with Crippen molar-refractivity contribution in [3.05, 3.63) is 33.3 Å². The fourth-order valence-corrected chi connectivity index (χ4v) is 4.31. The van der Waals surface area contributed by atoms with Gasteiger partial charge >= 0.3 is 0 Å². The Bertz CT molecular complexity index is 416. The molecule has 0 radical (unpaired) electrons. The van der Waals surface area contributed by atoms with E-state index in [1.165, 1.54) is 5.75 Å². The van der Waals surface area contributed by atoms with E-state index < -0.39 is 0 Å². The first-order chi connectivity index (χ1) is 8.58. The molecule has 2 atom stereocenters. The third-order valence-corrected chi connectivity index (χ3v) is 5.30. The summed E-state index contributed by atoms with van der Waals surface area (Å²) in [5, 5.41) is 0.797. The molecule has 1 aliphatic heterocycles. The first-order valence-corrected chi connectivity index (χ1v) is 8.38. The van der Waals surface area contributed by atoms with Gasteiger partial charge in [-0.1, -0.05) is 33.6 Å². The van der Waals surface area contributed by atoms with Gasteiger partial charge in [0, 0.05) is 39.6 Å². The van der Waals surface area contributed by atoms with Gasteiger partial charge < -0.3 is 10.6 Å². The number of nitrogens with two attached hydrogens (primary N) is 1.